The number of carbonyl (C=O) groups is 3. The summed E-state index contributed by atoms with van der Waals surface area (Å²) >= 11 is 1.46. The molecule has 2 aromatic carbocycles. The molecule has 1 amide bonds. The van der Waals surface area contributed by atoms with Crippen molar-refractivity contribution in [3.8, 4) is 0 Å². The van der Waals surface area contributed by atoms with Gasteiger partial charge in [-0.3, -0.25) is 9.59 Å². The predicted octanol–water partition coefficient (Wildman–Crippen LogP) is 3.81. The van der Waals surface area contributed by atoms with Crippen molar-refractivity contribution in [3.05, 3.63) is 77.9 Å². The minimum atomic E-state index is -0.791. The monoisotopic (exact) mass is 409 g/mol. The molecule has 29 heavy (non-hydrogen) atoms. The lowest BCUT2D eigenvalue weighted by molar-refractivity contribution is -0.152. The van der Waals surface area contributed by atoms with E-state index in [0.717, 1.165) is 5.56 Å². The summed E-state index contributed by atoms with van der Waals surface area (Å²) in [6, 6.07) is 17.3. The fraction of sp³-hybridized carbons (Fsp3) is 0.261. The van der Waals surface area contributed by atoms with Crippen molar-refractivity contribution >= 4 is 35.5 Å². The van der Waals surface area contributed by atoms with Crippen molar-refractivity contribution < 1.29 is 19.1 Å². The molecule has 1 atom stereocenters. The molecule has 5 nitrogen and oxygen atoms in total. The fourth-order valence-electron chi connectivity index (χ4n) is 3.16. The molecule has 0 aliphatic carbocycles. The Hall–Kier alpha value is -2.86. The van der Waals surface area contributed by atoms with Crippen molar-refractivity contribution in [2.75, 3.05) is 12.4 Å². The Balaban J connectivity index is 1.67. The number of hydrogen-bond acceptors (Lipinski definition) is 5. The van der Waals surface area contributed by atoms with Gasteiger partial charge in [-0.15, -0.1) is 11.8 Å². The number of nitrogens with zero attached hydrogens (tertiary/aromatic N) is 1. The van der Waals surface area contributed by atoms with Crippen LogP contribution in [0.4, 0.5) is 0 Å². The molecule has 0 bridgehead atoms. The van der Waals surface area contributed by atoms with Gasteiger partial charge >= 0.3 is 5.97 Å². The van der Waals surface area contributed by atoms with Crippen molar-refractivity contribution in [1.29, 1.82) is 0 Å². The van der Waals surface area contributed by atoms with Crippen molar-refractivity contribution in [2.24, 2.45) is 0 Å². The highest BCUT2D eigenvalue weighted by Crippen LogP contribution is 2.39. The molecule has 0 unspecified atom stereocenters. The van der Waals surface area contributed by atoms with Crippen molar-refractivity contribution in [2.45, 2.75) is 24.8 Å². The van der Waals surface area contributed by atoms with Crippen LogP contribution in [0, 0.1) is 0 Å². The van der Waals surface area contributed by atoms with E-state index >= 15 is 0 Å². The van der Waals surface area contributed by atoms with Crippen molar-refractivity contribution in [1.82, 2.24) is 4.90 Å². The molecule has 1 saturated heterocycles. The van der Waals surface area contributed by atoms with Crippen LogP contribution in [-0.2, 0) is 14.3 Å². The highest BCUT2D eigenvalue weighted by Gasteiger charge is 2.49. The number of thioether (sulfide) groups is 1. The molecule has 1 fully saturated rings. The molecule has 6 heteroatoms. The number of amides is 1. The lowest BCUT2D eigenvalue weighted by Crippen LogP contribution is -2.52. The van der Waals surface area contributed by atoms with Gasteiger partial charge in [-0.25, -0.2) is 4.79 Å². The summed E-state index contributed by atoms with van der Waals surface area (Å²) in [5.41, 5.74) is 1.31. The second-order valence-corrected chi connectivity index (χ2v) is 8.71. The van der Waals surface area contributed by atoms with Gasteiger partial charge in [0.05, 0.1) is 4.87 Å². The van der Waals surface area contributed by atoms with E-state index < -0.39 is 28.6 Å². The van der Waals surface area contributed by atoms with Gasteiger partial charge < -0.3 is 9.64 Å². The van der Waals surface area contributed by atoms with Crippen LogP contribution in [0.1, 0.15) is 29.8 Å². The molecule has 3 rings (SSSR count). The Morgan fingerprint density at radius 2 is 1.69 bits per heavy atom. The van der Waals surface area contributed by atoms with Crippen LogP contribution in [0.5, 0.6) is 0 Å². The zero-order valence-corrected chi connectivity index (χ0v) is 17.2. The summed E-state index contributed by atoms with van der Waals surface area (Å²) < 4.78 is 5.36. The summed E-state index contributed by atoms with van der Waals surface area (Å²) in [5, 5.41) is 0. The van der Waals surface area contributed by atoms with Gasteiger partial charge in [0.1, 0.15) is 12.6 Å². The topological polar surface area (TPSA) is 63.7 Å². The van der Waals surface area contributed by atoms with E-state index in [1.165, 1.54) is 16.7 Å². The quantitative estimate of drug-likeness (QED) is 0.412. The van der Waals surface area contributed by atoms with Crippen LogP contribution in [0.3, 0.4) is 0 Å². The molecular weight excluding hydrogens is 386 g/mol. The zero-order chi connectivity index (χ0) is 20.9. The van der Waals surface area contributed by atoms with Gasteiger partial charge in [0.25, 0.3) is 5.91 Å². The van der Waals surface area contributed by atoms with E-state index in [4.69, 9.17) is 4.74 Å². The lowest BCUT2D eigenvalue weighted by atomic mass is 10.1. The minimum absolute atomic E-state index is 0.101. The van der Waals surface area contributed by atoms with Crippen molar-refractivity contribution in [3.63, 3.8) is 0 Å². The first-order valence-electron chi connectivity index (χ1n) is 9.35. The Labute approximate surface area is 174 Å². The molecule has 0 spiro atoms. The average molecular weight is 410 g/mol. The first-order chi connectivity index (χ1) is 13.9. The highest BCUT2D eigenvalue weighted by molar-refractivity contribution is 8.00. The highest BCUT2D eigenvalue weighted by atomic mass is 32.2. The van der Waals surface area contributed by atoms with E-state index in [1.54, 1.807) is 36.4 Å². The predicted molar refractivity (Wildman–Crippen MR) is 114 cm³/mol. The maximum absolute atomic E-state index is 12.9. The van der Waals surface area contributed by atoms with Gasteiger partial charge in [-0.2, -0.15) is 0 Å². The van der Waals surface area contributed by atoms with Crippen LogP contribution in [-0.4, -0.2) is 45.8 Å². The van der Waals surface area contributed by atoms with E-state index in [0.29, 0.717) is 11.3 Å². The number of ketones is 1. The largest absolute Gasteiger partial charge is 0.460 e. The third-order valence-electron chi connectivity index (χ3n) is 4.64. The summed E-state index contributed by atoms with van der Waals surface area (Å²) in [6.45, 7) is 3.76. The summed E-state index contributed by atoms with van der Waals surface area (Å²) in [7, 11) is 0. The van der Waals surface area contributed by atoms with E-state index in [2.05, 4.69) is 0 Å². The van der Waals surface area contributed by atoms with Gasteiger partial charge in [-0.05, 0) is 25.5 Å². The first-order valence-corrected chi connectivity index (χ1v) is 10.3. The maximum Gasteiger partial charge on any atom is 0.330 e. The third-order valence-corrected chi connectivity index (χ3v) is 6.02. The summed E-state index contributed by atoms with van der Waals surface area (Å²) in [5.74, 6) is -1.42. The molecule has 150 valence electrons. The number of carbonyl (C=O) groups excluding carboxylic acids is 3. The minimum Gasteiger partial charge on any atom is -0.460 e. The molecular formula is C23H23NO4S. The second-order valence-electron chi connectivity index (χ2n) is 7.09. The van der Waals surface area contributed by atoms with Gasteiger partial charge in [0, 0.05) is 11.3 Å². The molecule has 2 aromatic rings. The number of Topliss-reactive ketones (excluding diaryl/α,β-unsaturated/α-hetero) is 1. The SMILES string of the molecule is CC1(C)SC[C@@H](C(=O)OC/C=C/c2ccccc2)N1C(=O)C(=O)c1ccccc1. The average Bonchev–Trinajstić information content (AvgIpc) is 3.06. The van der Waals surface area contributed by atoms with Gasteiger partial charge in [0.15, 0.2) is 0 Å². The smallest absolute Gasteiger partial charge is 0.330 e. The Morgan fingerprint density at radius 3 is 2.34 bits per heavy atom. The molecule has 1 aliphatic heterocycles. The Morgan fingerprint density at radius 1 is 1.07 bits per heavy atom. The molecule has 1 heterocycles. The standard InChI is InChI=1S/C23H23NO4S/c1-23(2)24(21(26)20(25)18-13-7-4-8-14-18)19(16-29-23)22(27)28-15-9-12-17-10-5-3-6-11-17/h3-14,19H,15-16H2,1-2H3/b12-9+/t19-/m0/s1. The number of hydrogen-bond donors (Lipinski definition) is 0. The first kappa shape index (κ1) is 20.9. The third kappa shape index (κ3) is 4.95. The van der Waals surface area contributed by atoms with Gasteiger partial charge in [-0.1, -0.05) is 66.7 Å². The number of benzene rings is 2. The normalized spacial score (nSPS) is 18.0. The number of rotatable bonds is 6. The van der Waals surface area contributed by atoms with Crippen LogP contribution >= 0.6 is 11.8 Å². The molecule has 1 aliphatic rings. The molecule has 0 aromatic heterocycles. The molecule has 0 radical (unpaired) electrons. The lowest BCUT2D eigenvalue weighted by Gasteiger charge is -2.33. The Bertz CT molecular complexity index is 909. The van der Waals surface area contributed by atoms with E-state index in [9.17, 15) is 14.4 Å². The molecule has 0 N–H and O–H groups in total. The fourth-order valence-corrected chi connectivity index (χ4v) is 4.36. The number of esters is 1. The molecule has 0 saturated carbocycles. The van der Waals surface area contributed by atoms with Crippen LogP contribution < -0.4 is 0 Å². The maximum atomic E-state index is 12.9. The summed E-state index contributed by atoms with van der Waals surface area (Å²) in [6.07, 6.45) is 3.62. The zero-order valence-electron chi connectivity index (χ0n) is 16.4. The van der Waals surface area contributed by atoms with Crippen LogP contribution in [0.25, 0.3) is 6.08 Å². The van der Waals surface area contributed by atoms with E-state index in [-0.39, 0.29) is 6.61 Å². The Kier molecular flexibility index (Phi) is 6.54. The second kappa shape index (κ2) is 9.09. The van der Waals surface area contributed by atoms with Crippen LogP contribution in [0.15, 0.2) is 66.7 Å². The van der Waals surface area contributed by atoms with E-state index in [1.807, 2.05) is 50.3 Å². The summed E-state index contributed by atoms with van der Waals surface area (Å²) in [4.78, 5) is 38.9. The number of ether oxygens (including phenoxy) is 1. The van der Waals surface area contributed by atoms with Gasteiger partial charge in [0.2, 0.25) is 5.78 Å². The van der Waals surface area contributed by atoms with Crippen LogP contribution in [0.2, 0.25) is 0 Å².